The third-order valence-corrected chi connectivity index (χ3v) is 14.8. The van der Waals surface area contributed by atoms with Gasteiger partial charge in [0.2, 0.25) is 0 Å². The van der Waals surface area contributed by atoms with Gasteiger partial charge in [-0.2, -0.15) is 0 Å². The van der Waals surface area contributed by atoms with Crippen molar-refractivity contribution >= 4 is 47.8 Å². The smallest absolute Gasteiger partial charge is 0.342 e. The first-order chi connectivity index (χ1) is 36.8. The molecule has 416 valence electrons. The van der Waals surface area contributed by atoms with Crippen LogP contribution in [0, 0.1) is 35.5 Å². The van der Waals surface area contributed by atoms with Crippen LogP contribution in [-0.2, 0) is 47.7 Å². The fourth-order valence-electron chi connectivity index (χ4n) is 10.1. The molecule has 0 atom stereocenters. The predicted molar refractivity (Wildman–Crippen MR) is 281 cm³/mol. The van der Waals surface area contributed by atoms with Gasteiger partial charge in [-0.1, -0.05) is 78.4 Å². The number of unbranched alkanes of at least 4 members (excludes halogenated alkanes) is 6. The van der Waals surface area contributed by atoms with E-state index >= 15 is 0 Å². The fourth-order valence-corrected chi connectivity index (χ4v) is 10.1. The van der Waals surface area contributed by atoms with Crippen molar-refractivity contribution < 1.29 is 76.3 Å². The molecule has 76 heavy (non-hydrogen) atoms. The monoisotopic (exact) mass is 1060 g/mol. The normalized spacial score (nSPS) is 20.2. The van der Waals surface area contributed by atoms with E-state index in [0.29, 0.717) is 88.9 Å². The van der Waals surface area contributed by atoms with Gasteiger partial charge in [0.05, 0.1) is 50.1 Å². The summed E-state index contributed by atoms with van der Waals surface area (Å²) in [7, 11) is 0. The summed E-state index contributed by atoms with van der Waals surface area (Å²) in [5.74, 6) is -5.19. The van der Waals surface area contributed by atoms with Crippen LogP contribution in [0.15, 0.2) is 61.7 Å². The van der Waals surface area contributed by atoms with Crippen molar-refractivity contribution in [1.29, 1.82) is 0 Å². The standard InChI is InChI=1S/C60H80O16/c1-5-9-11-17-41-19-23-43(24-20-41)57(65)75-51-33-31-47(39-49(51)59(67)71-37-15-13-35-69-53(61)7-3)73-55(63)45-27-29-46(30-28-45)56(64)74-48-32-34-52(50(40-48)60(68)72-38-16-14-36-70-54(62)8-4)76-58(66)44-25-21-42(22-26-44)18-12-10-6-2/h7-8,31-34,39-46H,3-6,9-30,35-38H2,1-2H3. The zero-order valence-corrected chi connectivity index (χ0v) is 44.8. The Morgan fingerprint density at radius 3 is 1.07 bits per heavy atom. The molecule has 0 saturated heterocycles. The van der Waals surface area contributed by atoms with Crippen molar-refractivity contribution in [3.05, 3.63) is 72.8 Å². The summed E-state index contributed by atoms with van der Waals surface area (Å²) in [4.78, 5) is 104. The second-order valence-electron chi connectivity index (χ2n) is 20.4. The number of hydrogen-bond donors (Lipinski definition) is 0. The third-order valence-electron chi connectivity index (χ3n) is 14.8. The third kappa shape index (κ3) is 20.3. The molecule has 5 rings (SSSR count). The van der Waals surface area contributed by atoms with Crippen LogP contribution in [0.4, 0.5) is 0 Å². The molecule has 16 nitrogen and oxygen atoms in total. The molecule has 0 aliphatic heterocycles. The maximum Gasteiger partial charge on any atom is 0.342 e. The molecular formula is C60H80O16. The molecule has 0 unspecified atom stereocenters. The van der Waals surface area contributed by atoms with Crippen molar-refractivity contribution in [1.82, 2.24) is 0 Å². The Morgan fingerprint density at radius 1 is 0.421 bits per heavy atom. The predicted octanol–water partition coefficient (Wildman–Crippen LogP) is 11.9. The number of benzene rings is 2. The van der Waals surface area contributed by atoms with E-state index in [9.17, 15) is 38.4 Å². The highest BCUT2D eigenvalue weighted by Gasteiger charge is 2.34. The average Bonchev–Trinajstić information content (AvgIpc) is 3.44. The lowest BCUT2D eigenvalue weighted by molar-refractivity contribution is -0.145. The van der Waals surface area contributed by atoms with Gasteiger partial charge in [0.1, 0.15) is 34.1 Å². The van der Waals surface area contributed by atoms with Crippen molar-refractivity contribution in [2.45, 2.75) is 168 Å². The summed E-state index contributed by atoms with van der Waals surface area (Å²) in [6.45, 7) is 11.3. The van der Waals surface area contributed by atoms with E-state index in [0.717, 1.165) is 63.5 Å². The molecule has 2 aromatic carbocycles. The number of hydrogen-bond acceptors (Lipinski definition) is 16. The van der Waals surface area contributed by atoms with Gasteiger partial charge in [-0.15, -0.1) is 0 Å². The quantitative estimate of drug-likeness (QED) is 0.0234. The fraction of sp³-hybridized carbons (Fsp3) is 0.600. The number of rotatable bonds is 30. The minimum Gasteiger partial charge on any atom is -0.463 e. The first-order valence-electron chi connectivity index (χ1n) is 27.9. The molecule has 0 N–H and O–H groups in total. The summed E-state index contributed by atoms with van der Waals surface area (Å²) in [5.41, 5.74) is -0.170. The molecule has 3 aliphatic carbocycles. The summed E-state index contributed by atoms with van der Waals surface area (Å²) >= 11 is 0. The molecule has 0 aromatic heterocycles. The van der Waals surface area contributed by atoms with Gasteiger partial charge in [0.15, 0.2) is 0 Å². The molecule has 2 aromatic rings. The molecular weight excluding hydrogens is 977 g/mol. The summed E-state index contributed by atoms with van der Waals surface area (Å²) in [6.07, 6.45) is 20.9. The Hall–Kier alpha value is -6.32. The maximum atomic E-state index is 13.6. The van der Waals surface area contributed by atoms with E-state index in [1.807, 2.05) is 0 Å². The van der Waals surface area contributed by atoms with Crippen LogP contribution in [-0.4, -0.2) is 74.2 Å². The zero-order valence-electron chi connectivity index (χ0n) is 44.8. The molecule has 0 spiro atoms. The topological polar surface area (TPSA) is 210 Å². The Labute approximate surface area is 448 Å². The highest BCUT2D eigenvalue weighted by Crippen LogP contribution is 2.37. The van der Waals surface area contributed by atoms with Gasteiger partial charge >= 0.3 is 47.8 Å². The molecule has 3 fully saturated rings. The summed E-state index contributed by atoms with van der Waals surface area (Å²) in [6, 6.07) is 8.40. The lowest BCUT2D eigenvalue weighted by Gasteiger charge is -2.27. The van der Waals surface area contributed by atoms with Gasteiger partial charge in [-0.05, 0) is 151 Å². The number of ether oxygens (including phenoxy) is 8. The van der Waals surface area contributed by atoms with Crippen LogP contribution in [0.3, 0.4) is 0 Å². The number of esters is 8. The van der Waals surface area contributed by atoms with Crippen LogP contribution in [0.1, 0.15) is 189 Å². The molecule has 16 heteroatoms. The van der Waals surface area contributed by atoms with Crippen molar-refractivity contribution in [2.24, 2.45) is 35.5 Å². The van der Waals surface area contributed by atoms with E-state index in [-0.39, 0.29) is 72.4 Å². The highest BCUT2D eigenvalue weighted by molar-refractivity contribution is 5.95. The highest BCUT2D eigenvalue weighted by atomic mass is 16.6. The lowest BCUT2D eigenvalue weighted by atomic mass is 9.80. The van der Waals surface area contributed by atoms with Crippen LogP contribution in [0.5, 0.6) is 23.0 Å². The zero-order chi connectivity index (χ0) is 54.7. The largest absolute Gasteiger partial charge is 0.463 e. The summed E-state index contributed by atoms with van der Waals surface area (Å²) < 4.78 is 44.3. The molecule has 0 bridgehead atoms. The van der Waals surface area contributed by atoms with Crippen molar-refractivity contribution in [2.75, 3.05) is 26.4 Å². The van der Waals surface area contributed by atoms with Crippen LogP contribution < -0.4 is 18.9 Å². The van der Waals surface area contributed by atoms with Gasteiger partial charge < -0.3 is 37.9 Å². The molecule has 3 aliphatic rings. The average molecular weight is 1060 g/mol. The first kappa shape index (κ1) is 60.5. The van der Waals surface area contributed by atoms with E-state index in [1.165, 1.54) is 62.1 Å². The van der Waals surface area contributed by atoms with E-state index in [4.69, 9.17) is 37.9 Å². The SMILES string of the molecule is C=CC(=O)OCCCCOC(=O)c1cc(OC(=O)C2CCC(C(=O)Oc3ccc(OC(=O)C4CCC(CCCCC)CC4)c(C(=O)OCCCCOC(=O)C=C)c3)CC2)ccc1OC(=O)C1CCC(CCCCC)CC1. The molecule has 0 amide bonds. The molecule has 0 radical (unpaired) electrons. The van der Waals surface area contributed by atoms with Crippen LogP contribution >= 0.6 is 0 Å². The van der Waals surface area contributed by atoms with E-state index in [1.54, 1.807) is 0 Å². The van der Waals surface area contributed by atoms with Gasteiger partial charge in [-0.25, -0.2) is 19.2 Å². The second-order valence-corrected chi connectivity index (χ2v) is 20.4. The maximum absolute atomic E-state index is 13.6. The minimum atomic E-state index is -0.784. The Morgan fingerprint density at radius 2 is 0.737 bits per heavy atom. The second kappa shape index (κ2) is 33.0. The van der Waals surface area contributed by atoms with Crippen LogP contribution in [0.25, 0.3) is 0 Å². The van der Waals surface area contributed by atoms with Gasteiger partial charge in [0, 0.05) is 12.2 Å². The molecule has 0 heterocycles. The Balaban J connectivity index is 1.18. The number of carbonyl (C=O) groups is 8. The number of carbonyl (C=O) groups excluding carboxylic acids is 8. The van der Waals surface area contributed by atoms with Crippen molar-refractivity contribution in [3.8, 4) is 23.0 Å². The van der Waals surface area contributed by atoms with E-state index in [2.05, 4.69) is 27.0 Å². The van der Waals surface area contributed by atoms with Crippen LogP contribution in [0.2, 0.25) is 0 Å². The van der Waals surface area contributed by atoms with Gasteiger partial charge in [-0.3, -0.25) is 19.2 Å². The van der Waals surface area contributed by atoms with Gasteiger partial charge in [0.25, 0.3) is 0 Å². The Kier molecular flexibility index (Phi) is 26.3. The van der Waals surface area contributed by atoms with Crippen molar-refractivity contribution in [3.63, 3.8) is 0 Å². The lowest BCUT2D eigenvalue weighted by Crippen LogP contribution is -2.30. The summed E-state index contributed by atoms with van der Waals surface area (Å²) in [5, 5.41) is 0. The van der Waals surface area contributed by atoms with E-state index < -0.39 is 59.6 Å². The minimum absolute atomic E-state index is 0.00954. The Bertz CT molecular complexity index is 2100. The molecule has 3 saturated carbocycles. The first-order valence-corrected chi connectivity index (χ1v) is 27.9.